The Labute approximate surface area is 323 Å². The summed E-state index contributed by atoms with van der Waals surface area (Å²) in [6, 6.07) is 19.7. The van der Waals surface area contributed by atoms with Crippen LogP contribution in [-0.4, -0.2) is 40.2 Å². The number of ketones is 1. The van der Waals surface area contributed by atoms with Crippen LogP contribution in [0.25, 0.3) is 6.08 Å². The lowest BCUT2D eigenvalue weighted by Crippen LogP contribution is -2.35. The third kappa shape index (κ3) is 7.11. The number of rotatable bonds is 12. The van der Waals surface area contributed by atoms with Gasteiger partial charge in [-0.1, -0.05) is 82.3 Å². The lowest BCUT2D eigenvalue weighted by atomic mass is 9.77. The molecular weight excluding hydrogens is 691 g/mol. The van der Waals surface area contributed by atoms with Crippen molar-refractivity contribution < 1.29 is 24.4 Å². The molecule has 0 spiro atoms. The van der Waals surface area contributed by atoms with Crippen LogP contribution in [0.1, 0.15) is 107 Å². The molecule has 0 radical (unpaired) electrons. The Bertz CT molecular complexity index is 2290. The molecule has 1 N–H and O–H groups in total. The molecule has 0 fully saturated rings. The van der Waals surface area contributed by atoms with Crippen molar-refractivity contribution in [2.24, 2.45) is 0 Å². The molecule has 54 heavy (non-hydrogen) atoms. The number of allylic oxidation sites excluding steroid dienone is 5. The number of carbonyl (C=O) groups excluding carboxylic acids is 1. The number of aliphatic carboxylic acids is 1. The molecule has 1 aromatic heterocycles. The zero-order chi connectivity index (χ0) is 38.8. The molecule has 8 heteroatoms. The van der Waals surface area contributed by atoms with E-state index in [-0.39, 0.29) is 33.7 Å². The van der Waals surface area contributed by atoms with Crippen molar-refractivity contribution in [2.75, 3.05) is 18.0 Å². The van der Waals surface area contributed by atoms with Gasteiger partial charge in [0.05, 0.1) is 10.3 Å². The van der Waals surface area contributed by atoms with Gasteiger partial charge in [-0.3, -0.25) is 4.79 Å². The van der Waals surface area contributed by atoms with Crippen LogP contribution in [0.2, 0.25) is 0 Å². The summed E-state index contributed by atoms with van der Waals surface area (Å²) >= 11 is 1.32. The first-order chi connectivity index (χ1) is 25.8. The highest BCUT2D eigenvalue weighted by Crippen LogP contribution is 2.49. The number of benzene rings is 2. The van der Waals surface area contributed by atoms with Crippen molar-refractivity contribution in [3.05, 3.63) is 121 Å². The van der Waals surface area contributed by atoms with Gasteiger partial charge < -0.3 is 15.1 Å². The van der Waals surface area contributed by atoms with Crippen molar-refractivity contribution in [2.45, 2.75) is 90.9 Å². The molecule has 276 valence electrons. The van der Waals surface area contributed by atoms with Gasteiger partial charge in [-0.25, -0.2) is 4.79 Å². The Hall–Kier alpha value is -5.44. The number of hydrogen-bond acceptors (Lipinski definition) is 6. The lowest BCUT2D eigenvalue weighted by molar-refractivity contribution is -0.438. The van der Waals surface area contributed by atoms with Gasteiger partial charge in [-0.05, 0) is 75.2 Å². The summed E-state index contributed by atoms with van der Waals surface area (Å²) < 4.78 is 2.29. The van der Waals surface area contributed by atoms with Gasteiger partial charge in [0.1, 0.15) is 18.2 Å². The number of nitriles is 1. The van der Waals surface area contributed by atoms with E-state index in [0.29, 0.717) is 4.88 Å². The molecule has 0 amide bonds. The summed E-state index contributed by atoms with van der Waals surface area (Å²) in [4.78, 5) is 28.7. The van der Waals surface area contributed by atoms with Crippen molar-refractivity contribution in [1.82, 2.24) is 0 Å². The third-order valence-electron chi connectivity index (χ3n) is 10.9. The molecule has 0 saturated heterocycles. The minimum absolute atomic E-state index is 0.212. The first-order valence-electron chi connectivity index (χ1n) is 18.9. The SMILES string of the molecule is CCCCCCCC[N+]1=C(/C=C2\C(=O)C(/C=C3/N(CC)c4ccccc4C3(C)C)=C2[O-])C(C)(C)c2cc(C#Cc3ccc(/C=C(\C#N)C(=O)O)s3)ccc21. The number of unbranched alkanes of at least 4 members (excludes halogenated alkanes) is 5. The number of nitrogens with zero attached hydrogens (tertiary/aromatic N) is 3. The van der Waals surface area contributed by atoms with E-state index in [1.165, 1.54) is 48.7 Å². The number of thiophene rings is 1. The summed E-state index contributed by atoms with van der Waals surface area (Å²) in [6.45, 7) is 14.4. The second-order valence-corrected chi connectivity index (χ2v) is 16.2. The maximum atomic E-state index is 13.9. The second-order valence-electron chi connectivity index (χ2n) is 15.1. The van der Waals surface area contributed by atoms with Crippen molar-refractivity contribution in [3.63, 3.8) is 0 Å². The Morgan fingerprint density at radius 1 is 0.944 bits per heavy atom. The molecule has 0 unspecified atom stereocenters. The molecule has 6 rings (SSSR count). The molecule has 3 aromatic rings. The monoisotopic (exact) mass is 737 g/mol. The third-order valence-corrected chi connectivity index (χ3v) is 11.8. The summed E-state index contributed by atoms with van der Waals surface area (Å²) in [5, 5.41) is 32.2. The van der Waals surface area contributed by atoms with Gasteiger partial charge in [0.2, 0.25) is 5.69 Å². The zero-order valence-electron chi connectivity index (χ0n) is 32.0. The lowest BCUT2D eigenvalue weighted by Gasteiger charge is -2.32. The van der Waals surface area contributed by atoms with Crippen LogP contribution in [0.3, 0.4) is 0 Å². The highest BCUT2D eigenvalue weighted by atomic mass is 32.1. The van der Waals surface area contributed by atoms with E-state index in [1.807, 2.05) is 36.4 Å². The van der Waals surface area contributed by atoms with Crippen molar-refractivity contribution in [1.29, 1.82) is 5.26 Å². The van der Waals surface area contributed by atoms with Crippen LogP contribution in [0.4, 0.5) is 11.4 Å². The van der Waals surface area contributed by atoms with Gasteiger partial charge in [-0.15, -0.1) is 11.3 Å². The number of carboxylic acid groups (broad SMARTS) is 1. The summed E-state index contributed by atoms with van der Waals surface area (Å²) in [6.07, 6.45) is 11.9. The minimum Gasteiger partial charge on any atom is -0.871 e. The molecule has 3 aliphatic rings. The number of fused-ring (bicyclic) bond motifs is 2. The van der Waals surface area contributed by atoms with Crippen molar-refractivity contribution in [3.8, 4) is 17.9 Å². The van der Waals surface area contributed by atoms with E-state index in [4.69, 9.17) is 5.26 Å². The van der Waals surface area contributed by atoms with Crippen molar-refractivity contribution >= 4 is 46.3 Å². The number of Topliss-reactive ketones (excluding diaryl/α,β-unsaturated/α-hetero) is 1. The van der Waals surface area contributed by atoms with Gasteiger partial charge in [0.15, 0.2) is 11.5 Å². The maximum absolute atomic E-state index is 13.9. The number of likely N-dealkylation sites (N-methyl/N-ethyl adjacent to an activating group) is 1. The van der Waals surface area contributed by atoms with Crippen LogP contribution in [0, 0.1) is 23.2 Å². The van der Waals surface area contributed by atoms with Crippen LogP contribution >= 0.6 is 11.3 Å². The van der Waals surface area contributed by atoms with E-state index >= 15 is 0 Å². The predicted molar refractivity (Wildman–Crippen MR) is 215 cm³/mol. The summed E-state index contributed by atoms with van der Waals surface area (Å²) in [5.41, 5.74) is 6.45. The summed E-state index contributed by atoms with van der Waals surface area (Å²) in [5.74, 6) is 4.77. The minimum atomic E-state index is -1.26. The molecule has 0 saturated carbocycles. The molecular formula is C46H47N3O4S. The van der Waals surface area contributed by atoms with E-state index < -0.39 is 11.4 Å². The average Bonchev–Trinajstić information content (AvgIpc) is 3.76. The molecule has 7 nitrogen and oxygen atoms in total. The molecule has 2 aliphatic heterocycles. The highest BCUT2D eigenvalue weighted by Gasteiger charge is 2.46. The molecule has 1 aliphatic carbocycles. The van der Waals surface area contributed by atoms with E-state index in [0.717, 1.165) is 64.7 Å². The fourth-order valence-corrected chi connectivity index (χ4v) is 8.64. The van der Waals surface area contributed by atoms with E-state index in [1.54, 1.807) is 12.1 Å². The van der Waals surface area contributed by atoms with Gasteiger partial charge in [0.25, 0.3) is 0 Å². The first kappa shape index (κ1) is 38.3. The Morgan fingerprint density at radius 3 is 2.39 bits per heavy atom. The summed E-state index contributed by atoms with van der Waals surface area (Å²) in [7, 11) is 0. The van der Waals surface area contributed by atoms with Gasteiger partial charge in [0, 0.05) is 69.1 Å². The maximum Gasteiger partial charge on any atom is 0.346 e. The standard InChI is InChI=1S/C46H47N3O4S/c1-7-9-10-11-12-15-24-49-39-23-19-30(18-20-32-21-22-33(54-32)26-31(29-47)44(52)53)25-37(39)46(5,6)41(49)28-35-42(50)34(43(35)51)27-40-45(3,4)36-16-13-14-17-38(36)48(40)8-2/h13-14,16-17,19,21-23,25-28H,7-12,15,24H2,1-6H3,(H-,50,51,52,53)/b31-26+. The van der Waals surface area contributed by atoms with Crippen LogP contribution < -0.4 is 10.0 Å². The number of para-hydroxylation sites is 1. The predicted octanol–water partition coefficient (Wildman–Crippen LogP) is 8.70. The molecule has 3 heterocycles. The fourth-order valence-electron chi connectivity index (χ4n) is 7.83. The smallest absolute Gasteiger partial charge is 0.346 e. The Balaban J connectivity index is 1.33. The van der Waals surface area contributed by atoms with Gasteiger partial charge >= 0.3 is 5.97 Å². The number of anilines is 1. The number of hydrogen-bond donors (Lipinski definition) is 1. The number of carboxylic acids is 1. The fraction of sp³-hybridized carbons (Fsp3) is 0.348. The molecule has 0 bridgehead atoms. The van der Waals surface area contributed by atoms with E-state index in [9.17, 15) is 19.8 Å². The normalized spacial score (nSPS) is 18.4. The van der Waals surface area contributed by atoms with Crippen LogP contribution in [0.5, 0.6) is 0 Å². The Morgan fingerprint density at radius 2 is 1.69 bits per heavy atom. The largest absolute Gasteiger partial charge is 0.871 e. The molecule has 2 aromatic carbocycles. The second kappa shape index (κ2) is 15.5. The first-order valence-corrected chi connectivity index (χ1v) is 19.7. The zero-order valence-corrected chi connectivity index (χ0v) is 32.8. The van der Waals surface area contributed by atoms with Crippen LogP contribution in [0.15, 0.2) is 94.9 Å². The highest BCUT2D eigenvalue weighted by molar-refractivity contribution is 7.13. The van der Waals surface area contributed by atoms with Crippen LogP contribution in [-0.2, 0) is 20.4 Å². The quantitative estimate of drug-likeness (QED) is 0.0656. The number of carbonyl (C=O) groups is 2. The average molecular weight is 738 g/mol. The van der Waals surface area contributed by atoms with E-state index in [2.05, 4.69) is 87.1 Å². The molecule has 0 atom stereocenters. The van der Waals surface area contributed by atoms with Gasteiger partial charge in [-0.2, -0.15) is 9.84 Å². The topological polar surface area (TPSA) is 107 Å². The Kier molecular flexibility index (Phi) is 11.0.